The van der Waals surface area contributed by atoms with Gasteiger partial charge in [0.25, 0.3) is 0 Å². The fourth-order valence-corrected chi connectivity index (χ4v) is 3.60. The summed E-state index contributed by atoms with van der Waals surface area (Å²) in [6.07, 6.45) is 6.88. The van der Waals surface area contributed by atoms with Gasteiger partial charge in [-0.2, -0.15) is 0 Å². The summed E-state index contributed by atoms with van der Waals surface area (Å²) in [6, 6.07) is 0. The number of ether oxygens (including phenoxy) is 1. The van der Waals surface area contributed by atoms with Crippen LogP contribution < -0.4 is 0 Å². The first-order chi connectivity index (χ1) is 5.88. The molecule has 3 unspecified atom stereocenters. The fraction of sp³-hybridized carbons (Fsp3) is 1.00. The molecule has 1 aliphatic heterocycles. The van der Waals surface area contributed by atoms with E-state index in [0.29, 0.717) is 0 Å². The number of halogens is 1. The molecule has 0 N–H and O–H groups in total. The van der Waals surface area contributed by atoms with Crippen LogP contribution in [-0.4, -0.2) is 18.0 Å². The monoisotopic (exact) mass is 232 g/mol. The van der Waals surface area contributed by atoms with Crippen LogP contribution in [0.15, 0.2) is 0 Å². The van der Waals surface area contributed by atoms with E-state index in [1.165, 1.54) is 32.1 Å². The quantitative estimate of drug-likeness (QED) is 0.632. The molecule has 0 amide bonds. The Morgan fingerprint density at radius 3 is 2.58 bits per heavy atom. The van der Waals surface area contributed by atoms with Crippen molar-refractivity contribution in [2.75, 3.05) is 13.2 Å². The molecule has 0 radical (unpaired) electrons. The Balaban J connectivity index is 1.89. The molecule has 0 bridgehead atoms. The fourth-order valence-electron chi connectivity index (χ4n) is 2.58. The number of hydrogen-bond acceptors (Lipinski definition) is 1. The first-order valence-corrected chi connectivity index (χ1v) is 6.01. The van der Waals surface area contributed by atoms with E-state index in [1.807, 2.05) is 0 Å². The third-order valence-electron chi connectivity index (χ3n) is 3.28. The zero-order valence-electron chi connectivity index (χ0n) is 7.47. The highest BCUT2D eigenvalue weighted by Gasteiger charge is 2.32. The van der Waals surface area contributed by atoms with Crippen molar-refractivity contribution in [2.45, 2.75) is 36.9 Å². The van der Waals surface area contributed by atoms with E-state index in [4.69, 9.17) is 4.74 Å². The Kier molecular flexibility index (Phi) is 3.08. The zero-order chi connectivity index (χ0) is 8.39. The molecule has 0 aromatic carbocycles. The maximum absolute atomic E-state index is 5.52. The lowest BCUT2D eigenvalue weighted by Gasteiger charge is -2.29. The summed E-state index contributed by atoms with van der Waals surface area (Å²) in [6.45, 7) is 2.02. The second kappa shape index (κ2) is 4.10. The third-order valence-corrected chi connectivity index (χ3v) is 4.42. The van der Waals surface area contributed by atoms with E-state index >= 15 is 0 Å². The van der Waals surface area contributed by atoms with E-state index in [-0.39, 0.29) is 0 Å². The van der Waals surface area contributed by atoms with Crippen molar-refractivity contribution in [2.24, 2.45) is 11.8 Å². The normalized spacial score (nSPS) is 43.2. The highest BCUT2D eigenvalue weighted by molar-refractivity contribution is 9.09. The average Bonchev–Trinajstić information content (AvgIpc) is 2.53. The van der Waals surface area contributed by atoms with Crippen LogP contribution in [0.3, 0.4) is 0 Å². The molecular weight excluding hydrogens is 216 g/mol. The molecule has 2 fully saturated rings. The van der Waals surface area contributed by atoms with Gasteiger partial charge >= 0.3 is 0 Å². The molecule has 1 nitrogen and oxygen atoms in total. The maximum Gasteiger partial charge on any atom is 0.0497 e. The Hall–Kier alpha value is 0.440. The van der Waals surface area contributed by atoms with Gasteiger partial charge in [-0.15, -0.1) is 0 Å². The minimum atomic E-state index is 0.782. The van der Waals surface area contributed by atoms with Crippen LogP contribution in [0.1, 0.15) is 32.1 Å². The summed E-state index contributed by atoms with van der Waals surface area (Å²) in [5, 5.41) is 0. The molecule has 0 aromatic rings. The summed E-state index contributed by atoms with van der Waals surface area (Å²) in [4.78, 5) is 0.782. The molecule has 2 rings (SSSR count). The maximum atomic E-state index is 5.52. The molecule has 3 atom stereocenters. The first-order valence-electron chi connectivity index (χ1n) is 5.10. The largest absolute Gasteiger partial charge is 0.381 e. The van der Waals surface area contributed by atoms with Crippen LogP contribution >= 0.6 is 15.9 Å². The van der Waals surface area contributed by atoms with Crippen molar-refractivity contribution < 1.29 is 4.74 Å². The van der Waals surface area contributed by atoms with E-state index in [9.17, 15) is 0 Å². The zero-order valence-corrected chi connectivity index (χ0v) is 9.05. The lowest BCUT2D eigenvalue weighted by atomic mass is 9.87. The van der Waals surface area contributed by atoms with Crippen molar-refractivity contribution in [3.8, 4) is 0 Å². The molecule has 12 heavy (non-hydrogen) atoms. The summed E-state index contributed by atoms with van der Waals surface area (Å²) in [5.41, 5.74) is 0. The first kappa shape index (κ1) is 9.01. The summed E-state index contributed by atoms with van der Waals surface area (Å²) in [5.74, 6) is 1.76. The van der Waals surface area contributed by atoms with Gasteiger partial charge in [0.15, 0.2) is 0 Å². The van der Waals surface area contributed by atoms with Gasteiger partial charge in [0.2, 0.25) is 0 Å². The number of alkyl halides is 1. The van der Waals surface area contributed by atoms with Gasteiger partial charge in [0.1, 0.15) is 0 Å². The SMILES string of the molecule is BrC1CCCC1C1CCCOC1. The van der Waals surface area contributed by atoms with E-state index in [1.54, 1.807) is 0 Å². The Morgan fingerprint density at radius 2 is 2.00 bits per heavy atom. The van der Waals surface area contributed by atoms with Gasteiger partial charge in [-0.3, -0.25) is 0 Å². The molecular formula is C10H17BrO. The summed E-state index contributed by atoms with van der Waals surface area (Å²) >= 11 is 3.78. The number of hydrogen-bond donors (Lipinski definition) is 0. The van der Waals surface area contributed by atoms with Gasteiger partial charge in [0, 0.05) is 18.0 Å². The highest BCUT2D eigenvalue weighted by Crippen LogP contribution is 2.39. The Bertz CT molecular complexity index is 143. The van der Waals surface area contributed by atoms with E-state index in [0.717, 1.165) is 29.9 Å². The molecule has 1 aliphatic carbocycles. The molecule has 1 saturated heterocycles. The smallest absolute Gasteiger partial charge is 0.0497 e. The van der Waals surface area contributed by atoms with Crippen LogP contribution in [-0.2, 0) is 4.74 Å². The van der Waals surface area contributed by atoms with Crippen LogP contribution in [0.5, 0.6) is 0 Å². The van der Waals surface area contributed by atoms with Crippen molar-refractivity contribution in [3.05, 3.63) is 0 Å². The summed E-state index contributed by atoms with van der Waals surface area (Å²) < 4.78 is 5.52. The second-order valence-electron chi connectivity index (χ2n) is 4.09. The van der Waals surface area contributed by atoms with Gasteiger partial charge in [-0.05, 0) is 37.5 Å². The van der Waals surface area contributed by atoms with Crippen molar-refractivity contribution in [3.63, 3.8) is 0 Å². The third kappa shape index (κ3) is 1.85. The highest BCUT2D eigenvalue weighted by atomic mass is 79.9. The van der Waals surface area contributed by atoms with Crippen molar-refractivity contribution in [1.82, 2.24) is 0 Å². The Morgan fingerprint density at radius 1 is 1.08 bits per heavy atom. The lowest BCUT2D eigenvalue weighted by Crippen LogP contribution is -2.27. The topological polar surface area (TPSA) is 9.23 Å². The minimum absolute atomic E-state index is 0.782. The molecule has 2 aliphatic rings. The predicted octanol–water partition coefficient (Wildman–Crippen LogP) is 2.98. The Labute approximate surface area is 83.0 Å². The average molecular weight is 233 g/mol. The molecule has 0 aromatic heterocycles. The van der Waals surface area contributed by atoms with E-state index in [2.05, 4.69) is 15.9 Å². The molecule has 70 valence electrons. The van der Waals surface area contributed by atoms with Crippen LogP contribution in [0.2, 0.25) is 0 Å². The van der Waals surface area contributed by atoms with Gasteiger partial charge in [0.05, 0.1) is 0 Å². The van der Waals surface area contributed by atoms with Crippen molar-refractivity contribution >= 4 is 15.9 Å². The molecule has 1 saturated carbocycles. The minimum Gasteiger partial charge on any atom is -0.381 e. The second-order valence-corrected chi connectivity index (χ2v) is 5.26. The summed E-state index contributed by atoms with van der Waals surface area (Å²) in [7, 11) is 0. The predicted molar refractivity (Wildman–Crippen MR) is 53.6 cm³/mol. The van der Waals surface area contributed by atoms with Crippen LogP contribution in [0, 0.1) is 11.8 Å². The standard InChI is InChI=1S/C10H17BrO/c11-10-5-1-4-9(10)8-3-2-6-12-7-8/h8-10H,1-7H2. The van der Waals surface area contributed by atoms with Crippen LogP contribution in [0.4, 0.5) is 0 Å². The van der Waals surface area contributed by atoms with Gasteiger partial charge in [-0.25, -0.2) is 0 Å². The van der Waals surface area contributed by atoms with Gasteiger partial charge < -0.3 is 4.74 Å². The number of rotatable bonds is 1. The molecule has 1 heterocycles. The van der Waals surface area contributed by atoms with Gasteiger partial charge in [-0.1, -0.05) is 22.4 Å². The van der Waals surface area contributed by atoms with Crippen LogP contribution in [0.25, 0.3) is 0 Å². The lowest BCUT2D eigenvalue weighted by molar-refractivity contribution is 0.0330. The molecule has 0 spiro atoms. The van der Waals surface area contributed by atoms with E-state index < -0.39 is 0 Å². The van der Waals surface area contributed by atoms with Crippen molar-refractivity contribution in [1.29, 1.82) is 0 Å². The molecule has 2 heteroatoms.